The molecule has 110 valence electrons. The van der Waals surface area contributed by atoms with E-state index in [0.29, 0.717) is 0 Å². The van der Waals surface area contributed by atoms with Gasteiger partial charge in [-0.15, -0.1) is 0 Å². The highest BCUT2D eigenvalue weighted by molar-refractivity contribution is 5.48. The van der Waals surface area contributed by atoms with Gasteiger partial charge >= 0.3 is 0 Å². The van der Waals surface area contributed by atoms with Gasteiger partial charge in [0, 0.05) is 51.9 Å². The van der Waals surface area contributed by atoms with Crippen molar-refractivity contribution in [1.29, 1.82) is 0 Å². The van der Waals surface area contributed by atoms with Crippen LogP contribution in [-0.4, -0.2) is 47.0 Å². The highest BCUT2D eigenvalue weighted by atomic mass is 15.2. The fraction of sp³-hybridized carbons (Fsp3) is 0.438. The largest absolute Gasteiger partial charge is 0.362 e. The van der Waals surface area contributed by atoms with E-state index in [-0.39, 0.29) is 0 Å². The number of hydrogen-bond acceptors (Lipinski definition) is 5. The summed E-state index contributed by atoms with van der Waals surface area (Å²) in [6, 6.07) is 6.09. The predicted molar refractivity (Wildman–Crippen MR) is 83.3 cm³/mol. The number of anilines is 1. The molecule has 1 aliphatic heterocycles. The predicted octanol–water partition coefficient (Wildman–Crippen LogP) is 1.54. The Labute approximate surface area is 125 Å². The van der Waals surface area contributed by atoms with Crippen LogP contribution < -0.4 is 4.90 Å². The molecule has 0 atom stereocenters. The van der Waals surface area contributed by atoms with Crippen molar-refractivity contribution in [2.24, 2.45) is 0 Å². The minimum atomic E-state index is 0.902. The van der Waals surface area contributed by atoms with Gasteiger partial charge in [-0.25, -0.2) is 9.97 Å². The molecule has 0 aliphatic carbocycles. The number of rotatable bonds is 3. The van der Waals surface area contributed by atoms with E-state index >= 15 is 0 Å². The van der Waals surface area contributed by atoms with Gasteiger partial charge in [0.15, 0.2) is 0 Å². The molecule has 0 saturated heterocycles. The molecule has 0 spiro atoms. The zero-order valence-corrected chi connectivity index (χ0v) is 12.7. The molecule has 3 heterocycles. The quantitative estimate of drug-likeness (QED) is 0.855. The van der Waals surface area contributed by atoms with Gasteiger partial charge in [-0.3, -0.25) is 9.88 Å². The third-order valence-corrected chi connectivity index (χ3v) is 3.89. The fourth-order valence-electron chi connectivity index (χ4n) is 2.82. The Morgan fingerprint density at radius 3 is 2.71 bits per heavy atom. The van der Waals surface area contributed by atoms with Gasteiger partial charge < -0.3 is 4.90 Å². The maximum atomic E-state index is 4.48. The van der Waals surface area contributed by atoms with Crippen LogP contribution in [0, 0.1) is 0 Å². The van der Waals surface area contributed by atoms with Crippen LogP contribution in [0.5, 0.6) is 0 Å². The molecule has 3 rings (SSSR count). The molecule has 0 bridgehead atoms. The van der Waals surface area contributed by atoms with Crippen LogP contribution in [0.1, 0.15) is 17.0 Å². The van der Waals surface area contributed by atoms with Crippen molar-refractivity contribution in [3.8, 4) is 0 Å². The van der Waals surface area contributed by atoms with E-state index in [0.717, 1.165) is 44.0 Å². The molecule has 0 N–H and O–H groups in total. The number of aromatic nitrogens is 3. The summed E-state index contributed by atoms with van der Waals surface area (Å²) in [4.78, 5) is 17.9. The smallest absolute Gasteiger partial charge is 0.134 e. The summed E-state index contributed by atoms with van der Waals surface area (Å²) in [5.41, 5.74) is 3.62. The van der Waals surface area contributed by atoms with E-state index in [1.54, 1.807) is 6.33 Å². The number of hydrogen-bond donors (Lipinski definition) is 0. The van der Waals surface area contributed by atoms with Gasteiger partial charge in [-0.1, -0.05) is 6.07 Å². The van der Waals surface area contributed by atoms with Crippen LogP contribution in [-0.2, 0) is 19.4 Å². The molecular formula is C16H21N5. The first-order chi connectivity index (χ1) is 10.2. The van der Waals surface area contributed by atoms with E-state index < -0.39 is 0 Å². The molecule has 0 radical (unpaired) electrons. The Kier molecular flexibility index (Phi) is 4.10. The molecule has 1 aliphatic rings. The Morgan fingerprint density at radius 1 is 1.10 bits per heavy atom. The first-order valence-electron chi connectivity index (χ1n) is 7.36. The molecule has 0 unspecified atom stereocenters. The van der Waals surface area contributed by atoms with Crippen LogP contribution >= 0.6 is 0 Å². The SMILES string of the molecule is CN(C)c1ncnc2c1CCN(Cc1ccccn1)CC2. The Hall–Kier alpha value is -2.01. The van der Waals surface area contributed by atoms with Gasteiger partial charge in [-0.05, 0) is 18.6 Å². The molecule has 21 heavy (non-hydrogen) atoms. The molecule has 0 amide bonds. The molecule has 5 heteroatoms. The summed E-state index contributed by atoms with van der Waals surface area (Å²) in [5, 5.41) is 0. The van der Waals surface area contributed by atoms with Crippen LogP contribution in [0.25, 0.3) is 0 Å². The van der Waals surface area contributed by atoms with Gasteiger partial charge in [0.1, 0.15) is 12.1 Å². The van der Waals surface area contributed by atoms with Crippen molar-refractivity contribution >= 4 is 5.82 Å². The molecular weight excluding hydrogens is 262 g/mol. The summed E-state index contributed by atoms with van der Waals surface area (Å²) in [7, 11) is 4.08. The van der Waals surface area contributed by atoms with Gasteiger partial charge in [0.25, 0.3) is 0 Å². The molecule has 0 fully saturated rings. The lowest BCUT2D eigenvalue weighted by molar-refractivity contribution is 0.275. The van der Waals surface area contributed by atoms with Crippen molar-refractivity contribution < 1.29 is 0 Å². The van der Waals surface area contributed by atoms with Crippen LogP contribution in [0.2, 0.25) is 0 Å². The molecule has 0 saturated carbocycles. The summed E-state index contributed by atoms with van der Waals surface area (Å²) in [6.07, 6.45) is 5.52. The van der Waals surface area contributed by atoms with Crippen LogP contribution in [0.3, 0.4) is 0 Å². The molecule has 2 aromatic rings. The highest BCUT2D eigenvalue weighted by Crippen LogP contribution is 2.22. The lowest BCUT2D eigenvalue weighted by Gasteiger charge is -2.19. The standard InChI is InChI=1S/C16H21N5/c1-20(2)16-14-6-9-21(10-7-15(14)18-12-19-16)11-13-5-3-4-8-17-13/h3-5,8,12H,6-7,9-11H2,1-2H3. The second kappa shape index (κ2) is 6.18. The second-order valence-corrected chi connectivity index (χ2v) is 5.61. The van der Waals surface area contributed by atoms with Gasteiger partial charge in [-0.2, -0.15) is 0 Å². The van der Waals surface area contributed by atoms with Crippen LogP contribution in [0.15, 0.2) is 30.7 Å². The van der Waals surface area contributed by atoms with E-state index in [9.17, 15) is 0 Å². The van der Waals surface area contributed by atoms with Crippen molar-refractivity contribution in [2.45, 2.75) is 19.4 Å². The zero-order chi connectivity index (χ0) is 14.7. The number of pyridine rings is 1. The lowest BCUT2D eigenvalue weighted by Crippen LogP contribution is -2.26. The normalized spacial score (nSPS) is 15.3. The number of fused-ring (bicyclic) bond motifs is 1. The Bertz CT molecular complexity index is 597. The molecule has 2 aromatic heterocycles. The average Bonchev–Trinajstić information content (AvgIpc) is 2.71. The molecule has 0 aromatic carbocycles. The summed E-state index contributed by atoms with van der Waals surface area (Å²) < 4.78 is 0. The third kappa shape index (κ3) is 3.19. The third-order valence-electron chi connectivity index (χ3n) is 3.89. The summed E-state index contributed by atoms with van der Waals surface area (Å²) in [6.45, 7) is 2.95. The minimum Gasteiger partial charge on any atom is -0.362 e. The number of nitrogens with zero attached hydrogens (tertiary/aromatic N) is 5. The van der Waals surface area contributed by atoms with Crippen LogP contribution in [0.4, 0.5) is 5.82 Å². The van der Waals surface area contributed by atoms with Crippen molar-refractivity contribution in [3.05, 3.63) is 47.7 Å². The highest BCUT2D eigenvalue weighted by Gasteiger charge is 2.19. The first kappa shape index (κ1) is 13.9. The summed E-state index contributed by atoms with van der Waals surface area (Å²) >= 11 is 0. The van der Waals surface area contributed by atoms with E-state index in [1.807, 2.05) is 32.4 Å². The van der Waals surface area contributed by atoms with E-state index in [1.165, 1.54) is 11.3 Å². The van der Waals surface area contributed by atoms with Crippen molar-refractivity contribution in [1.82, 2.24) is 19.9 Å². The average molecular weight is 283 g/mol. The first-order valence-corrected chi connectivity index (χ1v) is 7.36. The van der Waals surface area contributed by atoms with Gasteiger partial charge in [0.2, 0.25) is 0 Å². The lowest BCUT2D eigenvalue weighted by atomic mass is 10.1. The minimum absolute atomic E-state index is 0.902. The van der Waals surface area contributed by atoms with E-state index in [4.69, 9.17) is 0 Å². The monoisotopic (exact) mass is 283 g/mol. The molecule has 5 nitrogen and oxygen atoms in total. The Morgan fingerprint density at radius 2 is 1.95 bits per heavy atom. The Balaban J connectivity index is 1.75. The maximum Gasteiger partial charge on any atom is 0.134 e. The topological polar surface area (TPSA) is 45.2 Å². The van der Waals surface area contributed by atoms with Crippen molar-refractivity contribution in [3.63, 3.8) is 0 Å². The maximum absolute atomic E-state index is 4.48. The second-order valence-electron chi connectivity index (χ2n) is 5.61. The van der Waals surface area contributed by atoms with Crippen molar-refractivity contribution in [2.75, 3.05) is 32.1 Å². The van der Waals surface area contributed by atoms with E-state index in [2.05, 4.69) is 30.8 Å². The zero-order valence-electron chi connectivity index (χ0n) is 12.7. The fourth-order valence-corrected chi connectivity index (χ4v) is 2.82. The summed E-state index contributed by atoms with van der Waals surface area (Å²) in [5.74, 6) is 1.06. The van der Waals surface area contributed by atoms with Gasteiger partial charge in [0.05, 0.1) is 11.4 Å².